The van der Waals surface area contributed by atoms with Gasteiger partial charge in [0, 0.05) is 13.1 Å². The highest BCUT2D eigenvalue weighted by Gasteiger charge is 2.59. The number of fused-ring (bicyclic) bond motifs is 3. The summed E-state index contributed by atoms with van der Waals surface area (Å²) in [5.41, 5.74) is -0.422. The number of carbonyl (C=O) groups excluding carboxylic acids is 4. The fraction of sp³-hybridized carbons (Fsp3) is 0.621. The molecule has 206 valence electrons. The van der Waals surface area contributed by atoms with Crippen LogP contribution in [0, 0.1) is 29.1 Å². The summed E-state index contributed by atoms with van der Waals surface area (Å²) < 4.78 is 5.56. The van der Waals surface area contributed by atoms with E-state index in [1.165, 1.54) is 9.80 Å². The number of para-hydroxylation sites is 1. The van der Waals surface area contributed by atoms with Crippen LogP contribution >= 0.6 is 0 Å². The van der Waals surface area contributed by atoms with E-state index in [0.29, 0.717) is 31.0 Å². The first-order chi connectivity index (χ1) is 18.5. The number of nitriles is 1. The number of rotatable bonds is 5. The monoisotopic (exact) mass is 533 g/mol. The predicted octanol–water partition coefficient (Wildman–Crippen LogP) is 2.22. The molecular weight excluding hydrogens is 498 g/mol. The van der Waals surface area contributed by atoms with Crippen LogP contribution in [0.5, 0.6) is 0 Å². The molecule has 6 rings (SSSR count). The molecule has 39 heavy (non-hydrogen) atoms. The standard InChI is InChI=1S/C29H35N5O5/c1-28(2,3)39-27(38)33-14-17-11-19(17)23(33)24(35)32-21(10-16-8-9-16)25(36)34-22-7-5-4-6-20(22)29(26(34)37)12-18(13-30)31-15-29/h4-7,16-19,21,23,31H,8-12,14-15H2,1-3H3,(H,32,35)/t17?,18-,19?,21-,23?,29-/m0/s1. The Hall–Kier alpha value is -3.45. The summed E-state index contributed by atoms with van der Waals surface area (Å²) in [7, 11) is 0. The molecule has 0 aromatic heterocycles. The van der Waals surface area contributed by atoms with Crippen LogP contribution < -0.4 is 15.5 Å². The lowest BCUT2D eigenvalue weighted by molar-refractivity contribution is -0.134. The van der Waals surface area contributed by atoms with Crippen molar-refractivity contribution in [2.45, 2.75) is 82.0 Å². The zero-order valence-corrected chi connectivity index (χ0v) is 22.6. The number of likely N-dealkylation sites (tertiary alicyclic amines) is 1. The lowest BCUT2D eigenvalue weighted by Crippen LogP contribution is -2.57. The summed E-state index contributed by atoms with van der Waals surface area (Å²) in [4.78, 5) is 57.4. The average molecular weight is 534 g/mol. The van der Waals surface area contributed by atoms with Crippen molar-refractivity contribution in [2.24, 2.45) is 17.8 Å². The van der Waals surface area contributed by atoms with Gasteiger partial charge in [-0.3, -0.25) is 19.3 Å². The third-order valence-corrected chi connectivity index (χ3v) is 8.78. The third-order valence-electron chi connectivity index (χ3n) is 8.78. The predicted molar refractivity (Wildman–Crippen MR) is 140 cm³/mol. The van der Waals surface area contributed by atoms with Crippen LogP contribution in [0.25, 0.3) is 0 Å². The number of hydrogen-bond donors (Lipinski definition) is 2. The third kappa shape index (κ3) is 4.46. The quantitative estimate of drug-likeness (QED) is 0.593. The number of nitrogens with one attached hydrogen (secondary N) is 2. The molecule has 5 aliphatic rings. The normalized spacial score (nSPS) is 31.5. The Balaban J connectivity index is 1.25. The van der Waals surface area contributed by atoms with Gasteiger partial charge in [0.15, 0.2) is 0 Å². The number of hydrogen-bond acceptors (Lipinski definition) is 7. The van der Waals surface area contributed by atoms with Crippen molar-refractivity contribution in [3.63, 3.8) is 0 Å². The molecule has 1 spiro atoms. The topological polar surface area (TPSA) is 132 Å². The van der Waals surface area contributed by atoms with Crippen LogP contribution in [0.2, 0.25) is 0 Å². The molecule has 3 heterocycles. The highest BCUT2D eigenvalue weighted by Crippen LogP contribution is 2.50. The number of ether oxygens (including phenoxy) is 1. The largest absolute Gasteiger partial charge is 0.444 e. The molecule has 2 N–H and O–H groups in total. The van der Waals surface area contributed by atoms with E-state index in [4.69, 9.17) is 4.74 Å². The van der Waals surface area contributed by atoms with Crippen LogP contribution in [-0.2, 0) is 24.5 Å². The number of carbonyl (C=O) groups is 4. The molecule has 6 atom stereocenters. The average Bonchev–Trinajstić information content (AvgIpc) is 3.76. The molecule has 3 unspecified atom stereocenters. The molecule has 0 radical (unpaired) electrons. The Labute approximate surface area is 228 Å². The highest BCUT2D eigenvalue weighted by molar-refractivity contribution is 6.24. The van der Waals surface area contributed by atoms with Gasteiger partial charge in [-0.15, -0.1) is 0 Å². The number of imide groups is 1. The van der Waals surface area contributed by atoms with Crippen LogP contribution in [0.15, 0.2) is 24.3 Å². The molecule has 0 bridgehead atoms. The molecule has 4 fully saturated rings. The Kier molecular flexibility index (Phi) is 5.99. The van der Waals surface area contributed by atoms with E-state index < -0.39 is 41.1 Å². The Morgan fingerprint density at radius 2 is 2.00 bits per heavy atom. The molecule has 1 aromatic carbocycles. The number of anilines is 1. The van der Waals surface area contributed by atoms with Gasteiger partial charge in [-0.2, -0.15) is 5.26 Å². The van der Waals surface area contributed by atoms with Gasteiger partial charge in [0.1, 0.15) is 17.7 Å². The Morgan fingerprint density at radius 1 is 1.26 bits per heavy atom. The molecular formula is C29H35N5O5. The maximum absolute atomic E-state index is 14.1. The van der Waals surface area contributed by atoms with Gasteiger partial charge in [0.2, 0.25) is 11.8 Å². The second-order valence-electron chi connectivity index (χ2n) is 12.8. The van der Waals surface area contributed by atoms with E-state index in [0.717, 1.165) is 24.8 Å². The summed E-state index contributed by atoms with van der Waals surface area (Å²) >= 11 is 0. The maximum Gasteiger partial charge on any atom is 0.410 e. The summed E-state index contributed by atoms with van der Waals surface area (Å²) in [5.74, 6) is -0.561. The maximum atomic E-state index is 14.1. The molecule has 3 aliphatic heterocycles. The number of benzene rings is 1. The van der Waals surface area contributed by atoms with E-state index in [2.05, 4.69) is 16.7 Å². The zero-order chi connectivity index (χ0) is 27.7. The molecule has 2 saturated heterocycles. The van der Waals surface area contributed by atoms with Gasteiger partial charge in [-0.25, -0.2) is 9.69 Å². The summed E-state index contributed by atoms with van der Waals surface area (Å²) in [6.07, 6.45) is 3.02. The lowest BCUT2D eigenvalue weighted by atomic mass is 9.79. The van der Waals surface area contributed by atoms with Crippen LogP contribution in [0.4, 0.5) is 10.5 Å². The first-order valence-corrected chi connectivity index (χ1v) is 13.9. The van der Waals surface area contributed by atoms with Gasteiger partial charge >= 0.3 is 6.09 Å². The van der Waals surface area contributed by atoms with E-state index in [1.807, 2.05) is 12.1 Å². The van der Waals surface area contributed by atoms with Crippen molar-refractivity contribution in [1.29, 1.82) is 5.26 Å². The van der Waals surface area contributed by atoms with Gasteiger partial charge in [-0.1, -0.05) is 31.0 Å². The van der Waals surface area contributed by atoms with E-state index in [1.54, 1.807) is 32.9 Å². The zero-order valence-electron chi connectivity index (χ0n) is 22.6. The highest BCUT2D eigenvalue weighted by atomic mass is 16.6. The van der Waals surface area contributed by atoms with Crippen LogP contribution in [0.3, 0.4) is 0 Å². The summed E-state index contributed by atoms with van der Waals surface area (Å²) in [6.45, 7) is 6.11. The fourth-order valence-corrected chi connectivity index (χ4v) is 6.61. The van der Waals surface area contributed by atoms with Crippen LogP contribution in [-0.4, -0.2) is 65.5 Å². The van der Waals surface area contributed by atoms with Crippen molar-refractivity contribution in [3.05, 3.63) is 29.8 Å². The second-order valence-corrected chi connectivity index (χ2v) is 12.8. The Bertz CT molecular complexity index is 1280. The summed E-state index contributed by atoms with van der Waals surface area (Å²) in [6, 6.07) is 7.36. The first-order valence-electron chi connectivity index (χ1n) is 13.9. The van der Waals surface area contributed by atoms with Gasteiger partial charge in [0.05, 0.1) is 23.2 Å². The van der Waals surface area contributed by atoms with Crippen molar-refractivity contribution in [2.75, 3.05) is 18.0 Å². The first kappa shape index (κ1) is 25.8. The van der Waals surface area contributed by atoms with E-state index in [9.17, 15) is 24.4 Å². The second kappa shape index (κ2) is 9.05. The van der Waals surface area contributed by atoms with Gasteiger partial charge in [0.25, 0.3) is 5.91 Å². The molecule has 1 aromatic rings. The molecule has 4 amide bonds. The SMILES string of the molecule is CC(C)(C)OC(=O)N1CC2CC2C1C(=O)N[C@@H](CC1CC1)C(=O)N1C(=O)[C@@]2(CN[C@H](C#N)C2)c2ccccc21. The molecule has 2 saturated carbocycles. The minimum Gasteiger partial charge on any atom is -0.444 e. The number of piperidine rings is 1. The van der Waals surface area contributed by atoms with Crippen molar-refractivity contribution >= 4 is 29.5 Å². The minimum absolute atomic E-state index is 0.0547. The summed E-state index contributed by atoms with van der Waals surface area (Å²) in [5, 5.41) is 15.5. The van der Waals surface area contributed by atoms with Crippen molar-refractivity contribution < 1.29 is 23.9 Å². The molecule has 10 nitrogen and oxygen atoms in total. The van der Waals surface area contributed by atoms with E-state index >= 15 is 0 Å². The van der Waals surface area contributed by atoms with Crippen LogP contribution in [0.1, 0.15) is 58.4 Å². The number of amides is 4. The van der Waals surface area contributed by atoms with Crippen molar-refractivity contribution in [1.82, 2.24) is 15.5 Å². The van der Waals surface area contributed by atoms with E-state index in [-0.39, 0.29) is 30.2 Å². The van der Waals surface area contributed by atoms with Gasteiger partial charge < -0.3 is 15.4 Å². The fourth-order valence-electron chi connectivity index (χ4n) is 6.61. The molecule has 2 aliphatic carbocycles. The number of nitrogens with zero attached hydrogens (tertiary/aromatic N) is 3. The smallest absolute Gasteiger partial charge is 0.410 e. The van der Waals surface area contributed by atoms with Crippen molar-refractivity contribution in [3.8, 4) is 6.07 Å². The Morgan fingerprint density at radius 3 is 2.67 bits per heavy atom. The van der Waals surface area contributed by atoms with Gasteiger partial charge in [-0.05, 0) is 69.4 Å². The molecule has 10 heteroatoms. The lowest BCUT2D eigenvalue weighted by Gasteiger charge is -2.31. The minimum atomic E-state index is -0.985.